The van der Waals surface area contributed by atoms with Crippen LogP contribution in [0.2, 0.25) is 0 Å². The van der Waals surface area contributed by atoms with Crippen LogP contribution in [0.25, 0.3) is 0 Å². The van der Waals surface area contributed by atoms with Crippen molar-refractivity contribution in [1.29, 1.82) is 0 Å². The number of halogens is 5. The first-order valence-electron chi connectivity index (χ1n) is 11.4. The molecule has 3 rings (SSSR count). The van der Waals surface area contributed by atoms with Crippen LogP contribution in [0.5, 0.6) is 11.5 Å². The smallest absolute Gasteiger partial charge is 0.418 e. The maximum Gasteiger partial charge on any atom is 0.418 e. The Hall–Kier alpha value is -4.46. The lowest BCUT2D eigenvalue weighted by molar-refractivity contribution is -0.137. The van der Waals surface area contributed by atoms with Crippen molar-refractivity contribution in [2.24, 2.45) is 5.10 Å². The topological polar surface area (TPSA) is 118 Å². The van der Waals surface area contributed by atoms with Gasteiger partial charge < -0.3 is 20.1 Å². The number of nitrogens with zero attached hydrogens (tertiary/aromatic N) is 1. The van der Waals surface area contributed by atoms with Crippen molar-refractivity contribution in [1.82, 2.24) is 5.43 Å². The molecule has 0 radical (unpaired) electrons. The van der Waals surface area contributed by atoms with E-state index in [9.17, 15) is 31.9 Å². The van der Waals surface area contributed by atoms with E-state index in [0.717, 1.165) is 18.2 Å². The van der Waals surface area contributed by atoms with Gasteiger partial charge in [-0.1, -0.05) is 28.1 Å². The molecule has 3 N–H and O–H groups in total. The van der Waals surface area contributed by atoms with Crippen molar-refractivity contribution in [3.05, 3.63) is 82.1 Å². The van der Waals surface area contributed by atoms with Crippen LogP contribution in [-0.2, 0) is 20.6 Å². The van der Waals surface area contributed by atoms with E-state index in [4.69, 9.17) is 9.47 Å². The number of benzene rings is 3. The average Bonchev–Trinajstić information content (AvgIpc) is 2.90. The number of nitrogens with one attached hydrogen (secondary N) is 3. The summed E-state index contributed by atoms with van der Waals surface area (Å²) in [6, 6.07) is 13.0. The quantitative estimate of drug-likeness (QED) is 0.132. The van der Waals surface area contributed by atoms with Gasteiger partial charge in [0.2, 0.25) is 0 Å². The van der Waals surface area contributed by atoms with E-state index in [1.54, 1.807) is 6.92 Å². The Morgan fingerprint density at radius 2 is 1.68 bits per heavy atom. The van der Waals surface area contributed by atoms with Crippen molar-refractivity contribution >= 4 is 51.2 Å². The van der Waals surface area contributed by atoms with Crippen molar-refractivity contribution in [3.63, 3.8) is 0 Å². The molecule has 9 nitrogen and oxygen atoms in total. The lowest BCUT2D eigenvalue weighted by Gasteiger charge is -2.15. The van der Waals surface area contributed by atoms with Crippen molar-refractivity contribution in [2.45, 2.75) is 13.1 Å². The molecular formula is C26H21BrF4N4O5. The maximum absolute atomic E-state index is 13.6. The Morgan fingerprint density at radius 3 is 2.38 bits per heavy atom. The molecule has 0 aromatic heterocycles. The summed E-state index contributed by atoms with van der Waals surface area (Å²) in [5.41, 5.74) is 0.790. The van der Waals surface area contributed by atoms with Gasteiger partial charge in [-0.3, -0.25) is 14.4 Å². The second kappa shape index (κ2) is 13.6. The number of ether oxygens (including phenoxy) is 2. The molecule has 0 heterocycles. The van der Waals surface area contributed by atoms with E-state index in [2.05, 4.69) is 31.7 Å². The van der Waals surface area contributed by atoms with E-state index in [1.807, 2.05) is 5.43 Å². The highest BCUT2D eigenvalue weighted by Gasteiger charge is 2.34. The molecule has 210 valence electrons. The average molecular weight is 625 g/mol. The van der Waals surface area contributed by atoms with Gasteiger partial charge in [0.1, 0.15) is 5.82 Å². The van der Waals surface area contributed by atoms with E-state index < -0.39 is 47.6 Å². The van der Waals surface area contributed by atoms with Gasteiger partial charge in [0, 0.05) is 4.47 Å². The zero-order valence-corrected chi connectivity index (χ0v) is 22.2. The maximum atomic E-state index is 13.6. The first kappa shape index (κ1) is 30.1. The summed E-state index contributed by atoms with van der Waals surface area (Å²) in [5.74, 6) is -3.52. The third-order valence-corrected chi connectivity index (χ3v) is 5.39. The Balaban J connectivity index is 1.60. The zero-order valence-electron chi connectivity index (χ0n) is 20.6. The second-order valence-corrected chi connectivity index (χ2v) is 8.71. The minimum Gasteiger partial charge on any atom is -0.490 e. The summed E-state index contributed by atoms with van der Waals surface area (Å²) in [4.78, 5) is 36.2. The number of anilines is 2. The first-order chi connectivity index (χ1) is 19.0. The van der Waals surface area contributed by atoms with Gasteiger partial charge in [-0.05, 0) is 61.0 Å². The summed E-state index contributed by atoms with van der Waals surface area (Å²) in [5, 5.41) is 7.98. The highest BCUT2D eigenvalue weighted by atomic mass is 79.9. The number of para-hydroxylation sites is 1. The second-order valence-electron chi connectivity index (χ2n) is 7.80. The monoisotopic (exact) mass is 624 g/mol. The van der Waals surface area contributed by atoms with Gasteiger partial charge in [-0.2, -0.15) is 18.3 Å². The molecule has 0 atom stereocenters. The van der Waals surface area contributed by atoms with E-state index in [1.165, 1.54) is 48.7 Å². The Kier molecular flexibility index (Phi) is 10.2. The fourth-order valence-corrected chi connectivity index (χ4v) is 3.50. The van der Waals surface area contributed by atoms with Crippen LogP contribution in [0, 0.1) is 5.82 Å². The van der Waals surface area contributed by atoms with Crippen LogP contribution in [0.15, 0.2) is 70.2 Å². The van der Waals surface area contributed by atoms with Crippen molar-refractivity contribution in [3.8, 4) is 11.5 Å². The van der Waals surface area contributed by atoms with Crippen LogP contribution in [0.3, 0.4) is 0 Å². The SMILES string of the molecule is CCOc1cc(/C=N\NC(=O)C(=O)Nc2ccccc2F)ccc1OCC(=O)Nc1ccc(Br)cc1C(F)(F)F. The van der Waals surface area contributed by atoms with Crippen LogP contribution >= 0.6 is 15.9 Å². The Morgan fingerprint density at radius 1 is 0.925 bits per heavy atom. The largest absolute Gasteiger partial charge is 0.490 e. The molecule has 0 aliphatic rings. The normalized spacial score (nSPS) is 11.2. The van der Waals surface area contributed by atoms with E-state index >= 15 is 0 Å². The third kappa shape index (κ3) is 8.53. The molecule has 0 spiro atoms. The fourth-order valence-electron chi connectivity index (χ4n) is 3.14. The molecule has 14 heteroatoms. The van der Waals surface area contributed by atoms with Gasteiger partial charge in [0.15, 0.2) is 18.1 Å². The molecule has 0 bridgehead atoms. The summed E-state index contributed by atoms with van der Waals surface area (Å²) in [7, 11) is 0. The number of carbonyl (C=O) groups excluding carboxylic acids is 3. The minimum absolute atomic E-state index is 0.120. The van der Waals surface area contributed by atoms with Crippen molar-refractivity contribution in [2.75, 3.05) is 23.8 Å². The predicted molar refractivity (Wildman–Crippen MR) is 142 cm³/mol. The van der Waals surface area contributed by atoms with Gasteiger partial charge in [-0.15, -0.1) is 0 Å². The minimum atomic E-state index is -4.68. The lowest BCUT2D eigenvalue weighted by Crippen LogP contribution is -2.32. The lowest BCUT2D eigenvalue weighted by atomic mass is 10.1. The summed E-state index contributed by atoms with van der Waals surface area (Å²) in [6.07, 6.45) is -3.49. The molecule has 0 saturated heterocycles. The summed E-state index contributed by atoms with van der Waals surface area (Å²) < 4.78 is 64.6. The molecule has 3 amide bonds. The predicted octanol–water partition coefficient (Wildman–Crippen LogP) is 5.11. The van der Waals surface area contributed by atoms with Gasteiger partial charge in [-0.25, -0.2) is 9.82 Å². The first-order valence-corrected chi connectivity index (χ1v) is 12.2. The molecule has 3 aromatic carbocycles. The molecule has 0 fully saturated rings. The van der Waals surface area contributed by atoms with Gasteiger partial charge in [0.25, 0.3) is 5.91 Å². The molecular weight excluding hydrogens is 604 g/mol. The Bertz CT molecular complexity index is 1430. The molecule has 0 aliphatic heterocycles. The molecule has 3 aromatic rings. The van der Waals surface area contributed by atoms with E-state index in [-0.39, 0.29) is 28.3 Å². The Labute approximate surface area is 233 Å². The van der Waals surface area contributed by atoms with Crippen molar-refractivity contribution < 1.29 is 41.4 Å². The highest BCUT2D eigenvalue weighted by molar-refractivity contribution is 9.10. The van der Waals surface area contributed by atoms with Gasteiger partial charge in [0.05, 0.1) is 29.8 Å². The fraction of sp³-hybridized carbons (Fsp3) is 0.154. The van der Waals surface area contributed by atoms with Gasteiger partial charge >= 0.3 is 18.0 Å². The molecule has 0 saturated carbocycles. The van der Waals surface area contributed by atoms with Crippen LogP contribution in [0.4, 0.5) is 28.9 Å². The number of hydrazone groups is 1. The van der Waals surface area contributed by atoms with Crippen LogP contribution < -0.4 is 25.5 Å². The number of carbonyl (C=O) groups is 3. The molecule has 0 aliphatic carbocycles. The van der Waals surface area contributed by atoms with E-state index in [0.29, 0.717) is 5.56 Å². The summed E-state index contributed by atoms with van der Waals surface area (Å²) in [6.45, 7) is 1.29. The number of rotatable bonds is 9. The van der Waals surface area contributed by atoms with Crippen LogP contribution in [-0.4, -0.2) is 37.1 Å². The number of hydrogen-bond acceptors (Lipinski definition) is 6. The number of hydrogen-bond donors (Lipinski definition) is 3. The number of alkyl halides is 3. The van der Waals surface area contributed by atoms with Crippen LogP contribution in [0.1, 0.15) is 18.1 Å². The summed E-state index contributed by atoms with van der Waals surface area (Å²) >= 11 is 2.98. The zero-order chi connectivity index (χ0) is 29.3. The molecule has 40 heavy (non-hydrogen) atoms. The molecule has 0 unspecified atom stereocenters. The number of amides is 3. The highest BCUT2D eigenvalue weighted by Crippen LogP contribution is 2.36. The third-order valence-electron chi connectivity index (χ3n) is 4.90. The standard InChI is InChI=1S/C26H21BrF4N4O5/c1-2-39-22-11-15(13-32-35-25(38)24(37)34-20-6-4-3-5-18(20)28)7-10-21(22)40-14-23(36)33-19-9-8-16(27)12-17(19)26(29,30)31/h3-13H,2,14H2,1H3,(H,33,36)(H,34,37)(H,35,38)/b32-13-.